The van der Waals surface area contributed by atoms with Crippen LogP contribution in [-0.4, -0.2) is 16.5 Å². The number of aryl methyl sites for hydroxylation is 1. The van der Waals surface area contributed by atoms with Gasteiger partial charge in [-0.25, -0.2) is 0 Å². The number of nitrogens with two attached hydrogens (primary N) is 1. The number of primary amides is 1. The predicted octanol–water partition coefficient (Wildman–Crippen LogP) is 0.861. The molecule has 84 valence electrons. The first kappa shape index (κ1) is 11.8. The Morgan fingerprint density at radius 1 is 1.67 bits per heavy atom. The van der Waals surface area contributed by atoms with Crippen LogP contribution in [0.5, 0.6) is 0 Å². The van der Waals surface area contributed by atoms with E-state index in [4.69, 9.17) is 5.73 Å². The van der Waals surface area contributed by atoms with E-state index in [9.17, 15) is 4.79 Å². The zero-order valence-corrected chi connectivity index (χ0v) is 9.36. The molecule has 0 saturated heterocycles. The van der Waals surface area contributed by atoms with Crippen LogP contribution in [0.3, 0.4) is 0 Å². The van der Waals surface area contributed by atoms with Crippen LogP contribution in [-0.2, 0) is 17.9 Å². The third-order valence-electron chi connectivity index (χ3n) is 2.40. The molecule has 1 atom stereocenters. The quantitative estimate of drug-likeness (QED) is 0.730. The molecule has 0 bridgehead atoms. The molecule has 1 aromatic heterocycles. The molecule has 1 unspecified atom stereocenters. The summed E-state index contributed by atoms with van der Waals surface area (Å²) in [5.41, 5.74) is 6.35. The molecule has 0 aromatic carbocycles. The standard InChI is InChI=1S/C11H19N3O/c1-3-6-14-7-4-5-10(14)8-13-9(2)11(12)15/h4-5,7,9,13H,3,6,8H2,1-2H3,(H2,12,15). The number of carbonyl (C=O) groups excluding carboxylic acids is 1. The minimum atomic E-state index is -0.316. The zero-order valence-electron chi connectivity index (χ0n) is 9.36. The van der Waals surface area contributed by atoms with Gasteiger partial charge in [-0.15, -0.1) is 0 Å². The number of rotatable bonds is 6. The molecule has 15 heavy (non-hydrogen) atoms. The molecule has 1 amide bonds. The van der Waals surface area contributed by atoms with Gasteiger partial charge < -0.3 is 15.6 Å². The van der Waals surface area contributed by atoms with Gasteiger partial charge in [-0.2, -0.15) is 0 Å². The van der Waals surface area contributed by atoms with Crippen LogP contribution in [0, 0.1) is 0 Å². The number of hydrogen-bond acceptors (Lipinski definition) is 2. The van der Waals surface area contributed by atoms with Gasteiger partial charge in [0.1, 0.15) is 0 Å². The number of carbonyl (C=O) groups is 1. The maximum atomic E-state index is 10.8. The molecule has 3 N–H and O–H groups in total. The Morgan fingerprint density at radius 2 is 2.40 bits per heavy atom. The van der Waals surface area contributed by atoms with Crippen LogP contribution in [0.1, 0.15) is 26.0 Å². The topological polar surface area (TPSA) is 60.1 Å². The van der Waals surface area contributed by atoms with Crippen molar-refractivity contribution in [2.24, 2.45) is 5.73 Å². The van der Waals surface area contributed by atoms with Gasteiger partial charge in [-0.05, 0) is 25.5 Å². The summed E-state index contributed by atoms with van der Waals surface area (Å²) >= 11 is 0. The van der Waals surface area contributed by atoms with Gasteiger partial charge in [0.05, 0.1) is 6.04 Å². The Kier molecular flexibility index (Phi) is 4.37. The predicted molar refractivity (Wildman–Crippen MR) is 60.2 cm³/mol. The van der Waals surface area contributed by atoms with Crippen LogP contribution >= 0.6 is 0 Å². The summed E-state index contributed by atoms with van der Waals surface area (Å²) < 4.78 is 2.18. The Labute approximate surface area is 90.5 Å². The summed E-state index contributed by atoms with van der Waals surface area (Å²) in [6, 6.07) is 3.79. The average molecular weight is 209 g/mol. The Morgan fingerprint density at radius 3 is 3.00 bits per heavy atom. The van der Waals surface area contributed by atoms with E-state index >= 15 is 0 Å². The van der Waals surface area contributed by atoms with Crippen molar-refractivity contribution in [2.45, 2.75) is 39.4 Å². The van der Waals surface area contributed by atoms with Crippen LogP contribution in [0.4, 0.5) is 0 Å². The molecule has 4 heteroatoms. The number of nitrogens with zero attached hydrogens (tertiary/aromatic N) is 1. The van der Waals surface area contributed by atoms with Crippen molar-refractivity contribution < 1.29 is 4.79 Å². The normalized spacial score (nSPS) is 12.7. The molecule has 1 aromatic rings. The molecule has 0 spiro atoms. The van der Waals surface area contributed by atoms with E-state index in [0.29, 0.717) is 6.54 Å². The fourth-order valence-corrected chi connectivity index (χ4v) is 1.43. The lowest BCUT2D eigenvalue weighted by Crippen LogP contribution is -2.38. The van der Waals surface area contributed by atoms with Gasteiger partial charge in [0.25, 0.3) is 0 Å². The summed E-state index contributed by atoms with van der Waals surface area (Å²) in [6.45, 7) is 5.60. The number of aromatic nitrogens is 1. The first-order valence-electron chi connectivity index (χ1n) is 5.32. The van der Waals surface area contributed by atoms with Crippen molar-refractivity contribution in [3.63, 3.8) is 0 Å². The molecule has 4 nitrogen and oxygen atoms in total. The molecular weight excluding hydrogens is 190 g/mol. The Hall–Kier alpha value is -1.29. The van der Waals surface area contributed by atoms with Gasteiger partial charge >= 0.3 is 0 Å². The van der Waals surface area contributed by atoms with E-state index < -0.39 is 0 Å². The molecule has 0 aliphatic heterocycles. The molecule has 0 aliphatic carbocycles. The van der Waals surface area contributed by atoms with Gasteiger partial charge in [-0.3, -0.25) is 4.79 Å². The molecule has 0 fully saturated rings. The van der Waals surface area contributed by atoms with Gasteiger partial charge in [0.2, 0.25) is 5.91 Å². The minimum absolute atomic E-state index is 0.282. The SMILES string of the molecule is CCCn1cccc1CNC(C)C(N)=O. The van der Waals surface area contributed by atoms with Crippen molar-refractivity contribution in [2.75, 3.05) is 0 Å². The van der Waals surface area contributed by atoms with Crippen LogP contribution < -0.4 is 11.1 Å². The van der Waals surface area contributed by atoms with Crippen LogP contribution in [0.15, 0.2) is 18.3 Å². The van der Waals surface area contributed by atoms with Gasteiger partial charge in [-0.1, -0.05) is 6.92 Å². The fraction of sp³-hybridized carbons (Fsp3) is 0.545. The number of amides is 1. The van der Waals surface area contributed by atoms with Crippen LogP contribution in [0.25, 0.3) is 0 Å². The molecule has 1 heterocycles. The largest absolute Gasteiger partial charge is 0.368 e. The highest BCUT2D eigenvalue weighted by Gasteiger charge is 2.08. The lowest BCUT2D eigenvalue weighted by Gasteiger charge is -2.12. The van der Waals surface area contributed by atoms with Gasteiger partial charge in [0, 0.05) is 25.0 Å². The summed E-state index contributed by atoms with van der Waals surface area (Å²) in [6.07, 6.45) is 3.16. The maximum absolute atomic E-state index is 10.8. The van der Waals surface area contributed by atoms with Crippen molar-refractivity contribution in [1.29, 1.82) is 0 Å². The fourth-order valence-electron chi connectivity index (χ4n) is 1.43. The Balaban J connectivity index is 2.49. The number of nitrogens with one attached hydrogen (secondary N) is 1. The van der Waals surface area contributed by atoms with Crippen LogP contribution in [0.2, 0.25) is 0 Å². The summed E-state index contributed by atoms with van der Waals surface area (Å²) in [7, 11) is 0. The lowest BCUT2D eigenvalue weighted by atomic mass is 10.3. The highest BCUT2D eigenvalue weighted by atomic mass is 16.1. The van der Waals surface area contributed by atoms with Crippen molar-refractivity contribution in [3.8, 4) is 0 Å². The highest BCUT2D eigenvalue weighted by molar-refractivity contribution is 5.79. The summed E-state index contributed by atoms with van der Waals surface area (Å²) in [4.78, 5) is 10.8. The third kappa shape index (κ3) is 3.40. The zero-order chi connectivity index (χ0) is 11.3. The van der Waals surface area contributed by atoms with E-state index in [0.717, 1.165) is 13.0 Å². The third-order valence-corrected chi connectivity index (χ3v) is 2.40. The van der Waals surface area contributed by atoms with Crippen molar-refractivity contribution >= 4 is 5.91 Å². The minimum Gasteiger partial charge on any atom is -0.368 e. The number of hydrogen-bond donors (Lipinski definition) is 2. The van der Waals surface area contributed by atoms with E-state index in [1.165, 1.54) is 5.69 Å². The smallest absolute Gasteiger partial charge is 0.234 e. The molecule has 1 rings (SSSR count). The first-order valence-corrected chi connectivity index (χ1v) is 5.32. The van der Waals surface area contributed by atoms with Crippen molar-refractivity contribution in [1.82, 2.24) is 9.88 Å². The van der Waals surface area contributed by atoms with E-state index in [-0.39, 0.29) is 11.9 Å². The molecular formula is C11H19N3O. The summed E-state index contributed by atoms with van der Waals surface area (Å²) in [5, 5.41) is 3.09. The lowest BCUT2D eigenvalue weighted by molar-refractivity contribution is -0.119. The van der Waals surface area contributed by atoms with Gasteiger partial charge in [0.15, 0.2) is 0 Å². The molecule has 0 radical (unpaired) electrons. The Bertz CT molecular complexity index is 319. The second kappa shape index (κ2) is 5.56. The molecule has 0 saturated carbocycles. The monoisotopic (exact) mass is 209 g/mol. The average Bonchev–Trinajstić information content (AvgIpc) is 2.62. The maximum Gasteiger partial charge on any atom is 0.234 e. The first-order chi connectivity index (χ1) is 7.15. The second-order valence-electron chi connectivity index (χ2n) is 3.70. The highest BCUT2D eigenvalue weighted by Crippen LogP contribution is 2.03. The second-order valence-corrected chi connectivity index (χ2v) is 3.70. The van der Waals surface area contributed by atoms with Crippen molar-refractivity contribution in [3.05, 3.63) is 24.0 Å². The van der Waals surface area contributed by atoms with E-state index in [2.05, 4.69) is 29.1 Å². The summed E-state index contributed by atoms with van der Waals surface area (Å²) in [5.74, 6) is -0.316. The van der Waals surface area contributed by atoms with E-state index in [1.807, 2.05) is 6.07 Å². The van der Waals surface area contributed by atoms with E-state index in [1.54, 1.807) is 6.92 Å². The molecule has 0 aliphatic rings.